The maximum Gasteiger partial charge on any atom is 0.408 e. The minimum absolute atomic E-state index is 0.285. The minimum atomic E-state index is -1.24. The van der Waals surface area contributed by atoms with Gasteiger partial charge in [0.15, 0.2) is 0 Å². The van der Waals surface area contributed by atoms with E-state index in [1.54, 1.807) is 20.8 Å². The molecule has 116 valence electrons. The van der Waals surface area contributed by atoms with Gasteiger partial charge in [0.25, 0.3) is 0 Å². The van der Waals surface area contributed by atoms with Gasteiger partial charge in [0.05, 0.1) is 6.61 Å². The maximum atomic E-state index is 12.2. The molecule has 1 aromatic carbocycles. The Labute approximate surface area is 124 Å². The number of carbonyl (C=O) groups is 2. The largest absolute Gasteiger partial charge is 0.465 e. The first kappa shape index (κ1) is 17.0. The molecule has 0 saturated heterocycles. The number of hydrogen-bond donors (Lipinski definition) is 3. The van der Waals surface area contributed by atoms with Crippen molar-refractivity contribution in [1.82, 2.24) is 10.2 Å². The van der Waals surface area contributed by atoms with Crippen molar-refractivity contribution in [3.05, 3.63) is 35.9 Å². The zero-order chi connectivity index (χ0) is 16.0. The summed E-state index contributed by atoms with van der Waals surface area (Å²) in [7, 11) is 0. The average molecular weight is 294 g/mol. The molecule has 21 heavy (non-hydrogen) atoms. The van der Waals surface area contributed by atoms with Crippen molar-refractivity contribution >= 4 is 12.0 Å². The second-order valence-electron chi connectivity index (χ2n) is 5.73. The van der Waals surface area contributed by atoms with Crippen LogP contribution in [0, 0.1) is 0 Å². The number of rotatable bonds is 5. The molecule has 6 nitrogen and oxygen atoms in total. The number of nitrogens with one attached hydrogen (secondary N) is 1. The van der Waals surface area contributed by atoms with E-state index in [4.69, 9.17) is 0 Å². The third kappa shape index (κ3) is 4.75. The predicted molar refractivity (Wildman–Crippen MR) is 78.8 cm³/mol. The summed E-state index contributed by atoms with van der Waals surface area (Å²) in [5.74, 6) is -0.515. The van der Waals surface area contributed by atoms with Gasteiger partial charge in [0.2, 0.25) is 5.91 Å². The second-order valence-corrected chi connectivity index (χ2v) is 5.73. The van der Waals surface area contributed by atoms with E-state index in [1.165, 1.54) is 0 Å². The van der Waals surface area contributed by atoms with E-state index in [0.717, 1.165) is 10.5 Å². The molecular formula is C15H22N2O4. The third-order valence-electron chi connectivity index (χ3n) is 3.03. The molecule has 0 aliphatic carbocycles. The van der Waals surface area contributed by atoms with Crippen molar-refractivity contribution < 1.29 is 19.8 Å². The minimum Gasteiger partial charge on any atom is -0.465 e. The Kier molecular flexibility index (Phi) is 5.72. The number of carboxylic acid groups (broad SMARTS) is 1. The fourth-order valence-electron chi connectivity index (χ4n) is 2.07. The van der Waals surface area contributed by atoms with E-state index in [2.05, 4.69) is 5.32 Å². The van der Waals surface area contributed by atoms with Gasteiger partial charge < -0.3 is 15.5 Å². The lowest BCUT2D eigenvalue weighted by atomic mass is 10.0. The average Bonchev–Trinajstić information content (AvgIpc) is 2.41. The lowest BCUT2D eigenvalue weighted by Gasteiger charge is -2.37. The first-order valence-corrected chi connectivity index (χ1v) is 6.72. The van der Waals surface area contributed by atoms with Gasteiger partial charge in [-0.25, -0.2) is 4.79 Å². The van der Waals surface area contributed by atoms with Gasteiger partial charge >= 0.3 is 6.09 Å². The molecule has 0 spiro atoms. The SMILES string of the molecule is CC(C)(C)N(C(=O)O)[C@H](CO)C(=O)NCc1ccccc1. The van der Waals surface area contributed by atoms with Crippen LogP contribution in [0.2, 0.25) is 0 Å². The summed E-state index contributed by atoms with van der Waals surface area (Å²) < 4.78 is 0. The Balaban J connectivity index is 2.78. The van der Waals surface area contributed by atoms with Gasteiger partial charge in [-0.3, -0.25) is 9.69 Å². The van der Waals surface area contributed by atoms with Crippen molar-refractivity contribution in [2.45, 2.75) is 38.9 Å². The molecule has 6 heteroatoms. The van der Waals surface area contributed by atoms with E-state index in [1.807, 2.05) is 30.3 Å². The quantitative estimate of drug-likeness (QED) is 0.766. The normalized spacial score (nSPS) is 12.6. The number of amides is 2. The number of hydrogen-bond acceptors (Lipinski definition) is 3. The maximum absolute atomic E-state index is 12.2. The Morgan fingerprint density at radius 3 is 2.24 bits per heavy atom. The molecule has 2 amide bonds. The Morgan fingerprint density at radius 1 is 1.24 bits per heavy atom. The monoisotopic (exact) mass is 294 g/mol. The van der Waals surface area contributed by atoms with Gasteiger partial charge in [-0.2, -0.15) is 0 Å². The highest BCUT2D eigenvalue weighted by Crippen LogP contribution is 2.17. The molecule has 0 aliphatic rings. The highest BCUT2D eigenvalue weighted by atomic mass is 16.4. The van der Waals surface area contributed by atoms with E-state index < -0.39 is 30.2 Å². The highest BCUT2D eigenvalue weighted by molar-refractivity contribution is 5.85. The standard InChI is InChI=1S/C15H22N2O4/c1-15(2,3)17(14(20)21)12(10-18)13(19)16-9-11-7-5-4-6-8-11/h4-8,12,18H,9-10H2,1-3H3,(H,16,19)(H,20,21)/t12-/m1/s1. The number of nitrogens with zero attached hydrogens (tertiary/aromatic N) is 1. The molecule has 3 N–H and O–H groups in total. The van der Waals surface area contributed by atoms with E-state index in [0.29, 0.717) is 0 Å². The number of benzene rings is 1. The van der Waals surface area contributed by atoms with Gasteiger partial charge in [-0.1, -0.05) is 30.3 Å². The van der Waals surface area contributed by atoms with Crippen LogP contribution in [-0.4, -0.2) is 45.3 Å². The molecule has 1 aromatic rings. The van der Waals surface area contributed by atoms with Gasteiger partial charge in [0, 0.05) is 12.1 Å². The van der Waals surface area contributed by atoms with Gasteiger partial charge in [-0.05, 0) is 26.3 Å². The zero-order valence-electron chi connectivity index (χ0n) is 12.5. The lowest BCUT2D eigenvalue weighted by molar-refractivity contribution is -0.129. The smallest absolute Gasteiger partial charge is 0.408 e. The predicted octanol–water partition coefficient (Wildman–Crippen LogP) is 1.44. The number of carbonyl (C=O) groups excluding carboxylic acids is 1. The summed E-state index contributed by atoms with van der Waals surface area (Å²) in [5.41, 5.74) is 0.115. The molecule has 0 bridgehead atoms. The fraction of sp³-hybridized carbons (Fsp3) is 0.467. The number of aliphatic hydroxyl groups excluding tert-OH is 1. The summed E-state index contributed by atoms with van der Waals surface area (Å²) in [6, 6.07) is 8.15. The van der Waals surface area contributed by atoms with Crippen molar-refractivity contribution in [2.75, 3.05) is 6.61 Å². The lowest BCUT2D eigenvalue weighted by Crippen LogP contribution is -2.58. The van der Waals surface area contributed by atoms with Crippen molar-refractivity contribution in [3.63, 3.8) is 0 Å². The molecule has 0 aromatic heterocycles. The molecule has 1 rings (SSSR count). The van der Waals surface area contributed by atoms with Crippen LogP contribution in [-0.2, 0) is 11.3 Å². The van der Waals surface area contributed by atoms with Gasteiger partial charge in [-0.15, -0.1) is 0 Å². The number of aliphatic hydroxyl groups is 1. The summed E-state index contributed by atoms with van der Waals surface area (Å²) in [6.07, 6.45) is -1.24. The third-order valence-corrected chi connectivity index (χ3v) is 3.03. The van der Waals surface area contributed by atoms with Crippen LogP contribution in [0.25, 0.3) is 0 Å². The van der Waals surface area contributed by atoms with E-state index in [9.17, 15) is 19.8 Å². The first-order valence-electron chi connectivity index (χ1n) is 6.72. The van der Waals surface area contributed by atoms with Gasteiger partial charge in [0.1, 0.15) is 6.04 Å². The van der Waals surface area contributed by atoms with Crippen LogP contribution in [0.1, 0.15) is 26.3 Å². The van der Waals surface area contributed by atoms with Crippen LogP contribution in [0.5, 0.6) is 0 Å². The zero-order valence-corrected chi connectivity index (χ0v) is 12.5. The fourth-order valence-corrected chi connectivity index (χ4v) is 2.07. The summed E-state index contributed by atoms with van der Waals surface area (Å²) in [6.45, 7) is 4.74. The van der Waals surface area contributed by atoms with Crippen LogP contribution < -0.4 is 5.32 Å². The van der Waals surface area contributed by atoms with Crippen molar-refractivity contribution in [3.8, 4) is 0 Å². The topological polar surface area (TPSA) is 89.9 Å². The van der Waals surface area contributed by atoms with Crippen LogP contribution >= 0.6 is 0 Å². The van der Waals surface area contributed by atoms with Crippen LogP contribution in [0.3, 0.4) is 0 Å². The second kappa shape index (κ2) is 7.08. The molecule has 0 saturated carbocycles. The Bertz CT molecular complexity index is 482. The summed E-state index contributed by atoms with van der Waals surface area (Å²) in [5, 5.41) is 21.3. The molecule has 0 aliphatic heterocycles. The summed E-state index contributed by atoms with van der Waals surface area (Å²) >= 11 is 0. The van der Waals surface area contributed by atoms with Crippen LogP contribution in [0.15, 0.2) is 30.3 Å². The molecular weight excluding hydrogens is 272 g/mol. The molecule has 0 radical (unpaired) electrons. The first-order chi connectivity index (χ1) is 9.77. The summed E-state index contributed by atoms with van der Waals surface area (Å²) in [4.78, 5) is 24.5. The van der Waals surface area contributed by atoms with E-state index >= 15 is 0 Å². The molecule has 0 heterocycles. The Morgan fingerprint density at radius 2 is 1.81 bits per heavy atom. The Hall–Kier alpha value is -2.08. The van der Waals surface area contributed by atoms with E-state index in [-0.39, 0.29) is 6.54 Å². The van der Waals surface area contributed by atoms with Crippen molar-refractivity contribution in [1.29, 1.82) is 0 Å². The molecule has 0 unspecified atom stereocenters. The van der Waals surface area contributed by atoms with Crippen LogP contribution in [0.4, 0.5) is 4.79 Å². The molecule has 1 atom stereocenters. The van der Waals surface area contributed by atoms with Crippen molar-refractivity contribution in [2.24, 2.45) is 0 Å². The molecule has 0 fully saturated rings. The highest BCUT2D eigenvalue weighted by Gasteiger charge is 2.36.